The number of nitrogens with two attached hydrogens (primary N) is 1. The van der Waals surface area contributed by atoms with Crippen LogP contribution < -0.4 is 5.73 Å². The summed E-state index contributed by atoms with van der Waals surface area (Å²) in [6, 6.07) is 4.04. The summed E-state index contributed by atoms with van der Waals surface area (Å²) in [6.45, 7) is 6.36. The Hall–Kier alpha value is -1.96. The molecular weight excluding hydrogens is 462 g/mol. The first kappa shape index (κ1) is 26.1. The standard InChI is InChI=1S/C20H28F2N6O2.C3H8O2/c21-20(22)5-6-26(12-20)9-14-11-29-8-7-27(14)10-15-1-4-18(30-15)16-2-3-17-19(23)24-13-25-28(16)17;1-3(2,4)5/h2-3,13-15,18H,1,4-12H2,(H2,23,24,25);4-5H,1-2H3/t14-,15+,18-;/m1./s1. The molecule has 3 aliphatic rings. The van der Waals surface area contributed by atoms with Crippen molar-refractivity contribution in [2.45, 2.75) is 63.1 Å². The topological polar surface area (TPSA) is 122 Å². The minimum absolute atomic E-state index is 0.0384. The van der Waals surface area contributed by atoms with E-state index >= 15 is 0 Å². The molecule has 12 heteroatoms. The van der Waals surface area contributed by atoms with Gasteiger partial charge in [0.15, 0.2) is 11.6 Å². The Morgan fingerprint density at radius 2 is 1.97 bits per heavy atom. The molecule has 196 valence electrons. The lowest BCUT2D eigenvalue weighted by molar-refractivity contribution is -0.127. The number of rotatable bonds is 5. The van der Waals surface area contributed by atoms with Gasteiger partial charge in [-0.15, -0.1) is 0 Å². The third-order valence-corrected chi connectivity index (χ3v) is 6.45. The van der Waals surface area contributed by atoms with Crippen molar-refractivity contribution in [2.24, 2.45) is 0 Å². The molecule has 2 aromatic heterocycles. The monoisotopic (exact) mass is 498 g/mol. The smallest absolute Gasteiger partial charge is 0.261 e. The van der Waals surface area contributed by atoms with Crippen LogP contribution in [0.15, 0.2) is 18.5 Å². The molecule has 3 fully saturated rings. The average molecular weight is 499 g/mol. The molecule has 5 rings (SSSR count). The SMILES string of the molecule is CC(C)(O)O.Nc1ncnn2c([C@H]3CC[C@@H](CN4CCOC[C@H]4CN4CCC(F)(F)C4)O3)ccc12. The Bertz CT molecular complexity index is 979. The lowest BCUT2D eigenvalue weighted by Crippen LogP contribution is -2.53. The maximum Gasteiger partial charge on any atom is 0.261 e. The Kier molecular flexibility index (Phi) is 7.89. The lowest BCUT2D eigenvalue weighted by atomic mass is 10.1. The fraction of sp³-hybridized carbons (Fsp3) is 0.739. The van der Waals surface area contributed by atoms with Gasteiger partial charge in [0.05, 0.1) is 31.6 Å². The Morgan fingerprint density at radius 1 is 1.20 bits per heavy atom. The van der Waals surface area contributed by atoms with Crippen molar-refractivity contribution in [3.8, 4) is 0 Å². The van der Waals surface area contributed by atoms with Gasteiger partial charge in [-0.25, -0.2) is 18.3 Å². The van der Waals surface area contributed by atoms with Crippen molar-refractivity contribution < 1.29 is 28.5 Å². The number of morpholine rings is 1. The number of hydrogen-bond acceptors (Lipinski definition) is 9. The number of fused-ring (bicyclic) bond motifs is 1. The van der Waals surface area contributed by atoms with Crippen molar-refractivity contribution in [3.63, 3.8) is 0 Å². The lowest BCUT2D eigenvalue weighted by Gasteiger charge is -2.38. The van der Waals surface area contributed by atoms with E-state index in [9.17, 15) is 8.78 Å². The van der Waals surface area contributed by atoms with Gasteiger partial charge in [0.1, 0.15) is 17.9 Å². The molecule has 0 saturated carbocycles. The third-order valence-electron chi connectivity index (χ3n) is 6.45. The Balaban J connectivity index is 0.000000527. The number of likely N-dealkylation sites (tertiary alicyclic amines) is 1. The fourth-order valence-corrected chi connectivity index (χ4v) is 4.89. The van der Waals surface area contributed by atoms with Crippen molar-refractivity contribution in [3.05, 3.63) is 24.2 Å². The van der Waals surface area contributed by atoms with E-state index in [2.05, 4.69) is 15.0 Å². The summed E-state index contributed by atoms with van der Waals surface area (Å²) in [5.41, 5.74) is 7.71. The van der Waals surface area contributed by atoms with Crippen molar-refractivity contribution in [2.75, 3.05) is 51.7 Å². The largest absolute Gasteiger partial charge is 0.382 e. The molecule has 0 aliphatic carbocycles. The molecule has 0 amide bonds. The maximum atomic E-state index is 13.6. The number of ether oxygens (including phenoxy) is 2. The van der Waals surface area contributed by atoms with Crippen LogP contribution in [0.1, 0.15) is 44.9 Å². The first-order valence-corrected chi connectivity index (χ1v) is 12.1. The zero-order valence-electron chi connectivity index (χ0n) is 20.3. The highest BCUT2D eigenvalue weighted by Crippen LogP contribution is 2.35. The van der Waals surface area contributed by atoms with Crippen LogP contribution in [0.4, 0.5) is 14.6 Å². The quantitative estimate of drug-likeness (QED) is 0.524. The zero-order valence-corrected chi connectivity index (χ0v) is 20.3. The number of hydrogen-bond donors (Lipinski definition) is 3. The summed E-state index contributed by atoms with van der Waals surface area (Å²) in [6.07, 6.45) is 3.33. The van der Waals surface area contributed by atoms with Crippen molar-refractivity contribution in [1.82, 2.24) is 24.4 Å². The predicted octanol–water partition coefficient (Wildman–Crippen LogP) is 1.28. The van der Waals surface area contributed by atoms with E-state index in [0.29, 0.717) is 32.1 Å². The second kappa shape index (κ2) is 10.6. The van der Waals surface area contributed by atoms with E-state index in [1.807, 2.05) is 17.0 Å². The van der Waals surface area contributed by atoms with Gasteiger partial charge >= 0.3 is 0 Å². The molecule has 3 saturated heterocycles. The number of nitrogen functional groups attached to an aromatic ring is 1. The minimum Gasteiger partial charge on any atom is -0.382 e. The summed E-state index contributed by atoms with van der Waals surface area (Å²) < 4.78 is 41.0. The Morgan fingerprint density at radius 3 is 2.69 bits per heavy atom. The summed E-state index contributed by atoms with van der Waals surface area (Å²) in [4.78, 5) is 8.25. The second-order valence-corrected chi connectivity index (χ2v) is 10.1. The molecule has 3 atom stereocenters. The summed E-state index contributed by atoms with van der Waals surface area (Å²) in [7, 11) is 0. The van der Waals surface area contributed by atoms with E-state index in [1.54, 1.807) is 4.52 Å². The number of alkyl halides is 2. The normalized spacial score (nSPS) is 27.8. The van der Waals surface area contributed by atoms with E-state index < -0.39 is 11.7 Å². The highest BCUT2D eigenvalue weighted by atomic mass is 19.3. The molecule has 5 heterocycles. The number of anilines is 1. The fourth-order valence-electron chi connectivity index (χ4n) is 4.89. The van der Waals surface area contributed by atoms with Gasteiger partial charge in [0, 0.05) is 38.6 Å². The summed E-state index contributed by atoms with van der Waals surface area (Å²) in [5.74, 6) is -3.61. The molecule has 0 spiro atoms. The molecule has 35 heavy (non-hydrogen) atoms. The number of aromatic nitrogens is 3. The van der Waals surface area contributed by atoms with Crippen molar-refractivity contribution in [1.29, 1.82) is 0 Å². The van der Waals surface area contributed by atoms with Crippen LogP contribution in [-0.2, 0) is 9.47 Å². The van der Waals surface area contributed by atoms with Crippen LogP contribution in [0.25, 0.3) is 5.52 Å². The van der Waals surface area contributed by atoms with Gasteiger partial charge in [-0.1, -0.05) is 0 Å². The molecule has 0 radical (unpaired) electrons. The van der Waals surface area contributed by atoms with E-state index in [1.165, 1.54) is 20.2 Å². The van der Waals surface area contributed by atoms with Crippen LogP contribution in [0.3, 0.4) is 0 Å². The number of halogens is 2. The van der Waals surface area contributed by atoms with Crippen LogP contribution in [0.2, 0.25) is 0 Å². The molecule has 3 aliphatic heterocycles. The van der Waals surface area contributed by atoms with Crippen LogP contribution in [-0.4, -0.2) is 104 Å². The molecule has 0 aromatic carbocycles. The molecule has 10 nitrogen and oxygen atoms in total. The van der Waals surface area contributed by atoms with Gasteiger partial charge in [-0.2, -0.15) is 5.10 Å². The Labute approximate surface area is 203 Å². The van der Waals surface area contributed by atoms with E-state index in [0.717, 1.165) is 37.1 Å². The maximum absolute atomic E-state index is 13.6. The number of aliphatic hydroxyl groups is 2. The predicted molar refractivity (Wildman–Crippen MR) is 125 cm³/mol. The van der Waals surface area contributed by atoms with Gasteiger partial charge in [0.25, 0.3) is 5.92 Å². The first-order chi connectivity index (χ1) is 16.5. The second-order valence-electron chi connectivity index (χ2n) is 10.1. The van der Waals surface area contributed by atoms with Crippen LogP contribution in [0, 0.1) is 0 Å². The summed E-state index contributed by atoms with van der Waals surface area (Å²) >= 11 is 0. The molecule has 2 aromatic rings. The third kappa shape index (κ3) is 7.05. The van der Waals surface area contributed by atoms with E-state index in [-0.39, 0.29) is 31.2 Å². The highest BCUT2D eigenvalue weighted by molar-refractivity contribution is 5.65. The molecule has 0 unspecified atom stereocenters. The average Bonchev–Trinajstić information content (AvgIpc) is 3.47. The van der Waals surface area contributed by atoms with Crippen molar-refractivity contribution >= 4 is 11.3 Å². The minimum atomic E-state index is -2.56. The van der Waals surface area contributed by atoms with Crippen LogP contribution >= 0.6 is 0 Å². The van der Waals surface area contributed by atoms with E-state index in [4.69, 9.17) is 25.4 Å². The van der Waals surface area contributed by atoms with Crippen LogP contribution in [0.5, 0.6) is 0 Å². The van der Waals surface area contributed by atoms with Gasteiger partial charge in [-0.05, 0) is 38.8 Å². The molecular formula is C23H36F2N6O4. The number of nitrogens with zero attached hydrogens (tertiary/aromatic N) is 5. The molecule has 0 bridgehead atoms. The highest BCUT2D eigenvalue weighted by Gasteiger charge is 2.40. The molecule has 4 N–H and O–H groups in total. The van der Waals surface area contributed by atoms with Gasteiger partial charge in [-0.3, -0.25) is 9.80 Å². The summed E-state index contributed by atoms with van der Waals surface area (Å²) in [5, 5.41) is 20.5. The van der Waals surface area contributed by atoms with Gasteiger partial charge in [0.2, 0.25) is 0 Å². The first-order valence-electron chi connectivity index (χ1n) is 12.1. The van der Waals surface area contributed by atoms with Gasteiger partial charge < -0.3 is 25.4 Å². The zero-order chi connectivity index (χ0) is 25.2.